The maximum absolute atomic E-state index is 11.6. The number of carbonyl (C=O) groups excluding carboxylic acids is 1. The van der Waals surface area contributed by atoms with Crippen LogP contribution in [0.2, 0.25) is 0 Å². The van der Waals surface area contributed by atoms with Crippen molar-refractivity contribution in [2.75, 3.05) is 6.61 Å². The molecule has 0 bridgehead atoms. The van der Waals surface area contributed by atoms with E-state index in [9.17, 15) is 9.59 Å². The number of carboxylic acids is 1. The average molecular weight is 264 g/mol. The molecule has 1 rings (SSSR count). The van der Waals surface area contributed by atoms with E-state index in [1.54, 1.807) is 6.92 Å². The number of hydrogen-bond acceptors (Lipinski definition) is 3. The lowest BCUT2D eigenvalue weighted by Gasteiger charge is -2.12. The Balaban J connectivity index is 2.64. The zero-order chi connectivity index (χ0) is 14.4. The van der Waals surface area contributed by atoms with Gasteiger partial charge in [-0.2, -0.15) is 0 Å². The highest BCUT2D eigenvalue weighted by atomic mass is 16.5. The van der Waals surface area contributed by atoms with Crippen LogP contribution in [0.3, 0.4) is 0 Å². The highest BCUT2D eigenvalue weighted by Gasteiger charge is 2.17. The molecule has 1 atom stereocenters. The second-order valence-corrected chi connectivity index (χ2v) is 5.06. The molecule has 1 unspecified atom stereocenters. The molecule has 1 N–H and O–H groups in total. The first kappa shape index (κ1) is 15.2. The molecule has 1 aromatic carbocycles. The molecule has 0 saturated carbocycles. The fraction of sp³-hybridized carbons (Fsp3) is 0.467. The summed E-state index contributed by atoms with van der Waals surface area (Å²) in [5.74, 6) is -1.52. The van der Waals surface area contributed by atoms with Gasteiger partial charge in [0.2, 0.25) is 0 Å². The maximum atomic E-state index is 11.6. The number of rotatable bonds is 6. The molecule has 0 radical (unpaired) electrons. The van der Waals surface area contributed by atoms with E-state index in [4.69, 9.17) is 5.11 Å². The summed E-state index contributed by atoms with van der Waals surface area (Å²) >= 11 is 0. The number of ether oxygens (including phenoxy) is 1. The number of aliphatic carboxylic acids is 1. The van der Waals surface area contributed by atoms with Crippen molar-refractivity contribution >= 4 is 11.9 Å². The van der Waals surface area contributed by atoms with E-state index in [1.807, 2.05) is 24.3 Å². The number of carboxylic acid groups (broad SMARTS) is 1. The fourth-order valence-electron chi connectivity index (χ4n) is 1.81. The fourth-order valence-corrected chi connectivity index (χ4v) is 1.81. The summed E-state index contributed by atoms with van der Waals surface area (Å²) in [6.45, 7) is 5.43. The van der Waals surface area contributed by atoms with E-state index >= 15 is 0 Å². The van der Waals surface area contributed by atoms with Crippen LogP contribution in [0.15, 0.2) is 24.3 Å². The topological polar surface area (TPSA) is 63.6 Å². The standard InChI is InChI=1S/C15H20O4/c1-10(2)8-12-4-6-13(7-5-12)11(3)15(18)19-9-14(16)17/h4-7,10-11H,8-9H2,1-3H3,(H,16,17). The van der Waals surface area contributed by atoms with Gasteiger partial charge in [-0.3, -0.25) is 4.79 Å². The van der Waals surface area contributed by atoms with Crippen molar-refractivity contribution in [3.05, 3.63) is 35.4 Å². The van der Waals surface area contributed by atoms with E-state index in [0.717, 1.165) is 12.0 Å². The first-order valence-corrected chi connectivity index (χ1v) is 6.37. The van der Waals surface area contributed by atoms with Crippen molar-refractivity contribution in [1.29, 1.82) is 0 Å². The number of esters is 1. The molecule has 0 aliphatic carbocycles. The van der Waals surface area contributed by atoms with E-state index in [1.165, 1.54) is 5.56 Å². The number of carbonyl (C=O) groups is 2. The molecule has 0 aliphatic heterocycles. The largest absolute Gasteiger partial charge is 0.479 e. The lowest BCUT2D eigenvalue weighted by atomic mass is 9.97. The van der Waals surface area contributed by atoms with Gasteiger partial charge in [-0.1, -0.05) is 38.1 Å². The quantitative estimate of drug-likeness (QED) is 0.802. The Bertz CT molecular complexity index is 434. The van der Waals surface area contributed by atoms with Crippen LogP contribution in [0.1, 0.15) is 37.8 Å². The van der Waals surface area contributed by atoms with Gasteiger partial charge in [-0.15, -0.1) is 0 Å². The Morgan fingerprint density at radius 1 is 1.16 bits per heavy atom. The summed E-state index contributed by atoms with van der Waals surface area (Å²) in [6.07, 6.45) is 0.998. The van der Waals surface area contributed by atoms with E-state index in [0.29, 0.717) is 5.92 Å². The van der Waals surface area contributed by atoms with Crippen molar-refractivity contribution in [2.45, 2.75) is 33.1 Å². The number of hydrogen-bond donors (Lipinski definition) is 1. The van der Waals surface area contributed by atoms with Gasteiger partial charge >= 0.3 is 11.9 Å². The molecule has 0 amide bonds. The summed E-state index contributed by atoms with van der Waals surface area (Å²) in [6, 6.07) is 7.78. The van der Waals surface area contributed by atoms with Crippen molar-refractivity contribution in [3.63, 3.8) is 0 Å². The van der Waals surface area contributed by atoms with Gasteiger partial charge in [-0.25, -0.2) is 4.79 Å². The monoisotopic (exact) mass is 264 g/mol. The van der Waals surface area contributed by atoms with Crippen LogP contribution in [0.5, 0.6) is 0 Å². The van der Waals surface area contributed by atoms with E-state index < -0.39 is 24.5 Å². The van der Waals surface area contributed by atoms with Gasteiger partial charge in [-0.05, 0) is 30.4 Å². The van der Waals surface area contributed by atoms with Crippen LogP contribution in [0.4, 0.5) is 0 Å². The van der Waals surface area contributed by atoms with Crippen LogP contribution in [-0.2, 0) is 20.7 Å². The Kier molecular flexibility index (Phi) is 5.55. The lowest BCUT2D eigenvalue weighted by molar-refractivity contribution is -0.155. The second kappa shape index (κ2) is 6.92. The molecule has 0 spiro atoms. The third kappa shape index (κ3) is 5.12. The van der Waals surface area contributed by atoms with E-state index in [2.05, 4.69) is 18.6 Å². The molecular weight excluding hydrogens is 244 g/mol. The van der Waals surface area contributed by atoms with Gasteiger partial charge in [0.05, 0.1) is 5.92 Å². The number of benzene rings is 1. The molecule has 0 saturated heterocycles. The molecule has 1 aromatic rings. The third-order valence-electron chi connectivity index (χ3n) is 2.82. The summed E-state index contributed by atoms with van der Waals surface area (Å²) in [7, 11) is 0. The molecule has 4 nitrogen and oxygen atoms in total. The summed E-state index contributed by atoms with van der Waals surface area (Å²) < 4.78 is 4.68. The lowest BCUT2D eigenvalue weighted by Crippen LogP contribution is -2.18. The average Bonchev–Trinajstić information content (AvgIpc) is 2.35. The molecule has 0 heterocycles. The van der Waals surface area contributed by atoms with Gasteiger partial charge in [0.15, 0.2) is 6.61 Å². The van der Waals surface area contributed by atoms with Crippen LogP contribution >= 0.6 is 0 Å². The molecule has 0 aromatic heterocycles. The normalized spacial score (nSPS) is 12.2. The van der Waals surface area contributed by atoms with Crippen LogP contribution in [-0.4, -0.2) is 23.7 Å². The zero-order valence-electron chi connectivity index (χ0n) is 11.6. The Hall–Kier alpha value is -1.84. The molecular formula is C15H20O4. The maximum Gasteiger partial charge on any atom is 0.341 e. The minimum atomic E-state index is -1.15. The van der Waals surface area contributed by atoms with Crippen molar-refractivity contribution in [3.8, 4) is 0 Å². The Morgan fingerprint density at radius 2 is 1.74 bits per heavy atom. The van der Waals surface area contributed by atoms with Gasteiger partial charge in [0.1, 0.15) is 0 Å². The highest BCUT2D eigenvalue weighted by molar-refractivity contribution is 5.80. The predicted octanol–water partition coefficient (Wildman–Crippen LogP) is 2.62. The first-order valence-electron chi connectivity index (χ1n) is 6.37. The summed E-state index contributed by atoms with van der Waals surface area (Å²) in [5, 5.41) is 8.46. The van der Waals surface area contributed by atoms with Crippen molar-refractivity contribution < 1.29 is 19.4 Å². The molecule has 104 valence electrons. The smallest absolute Gasteiger partial charge is 0.341 e. The van der Waals surface area contributed by atoms with Crippen LogP contribution in [0, 0.1) is 5.92 Å². The molecule has 4 heteroatoms. The second-order valence-electron chi connectivity index (χ2n) is 5.06. The van der Waals surface area contributed by atoms with Gasteiger partial charge in [0, 0.05) is 0 Å². The summed E-state index contributed by atoms with van der Waals surface area (Å²) in [4.78, 5) is 22.0. The minimum Gasteiger partial charge on any atom is -0.479 e. The third-order valence-corrected chi connectivity index (χ3v) is 2.82. The highest BCUT2D eigenvalue weighted by Crippen LogP contribution is 2.18. The van der Waals surface area contributed by atoms with Gasteiger partial charge < -0.3 is 9.84 Å². The predicted molar refractivity (Wildman–Crippen MR) is 72.0 cm³/mol. The Labute approximate surface area is 113 Å². The first-order chi connectivity index (χ1) is 8.90. The SMILES string of the molecule is CC(C)Cc1ccc(C(C)C(=O)OCC(=O)O)cc1. The molecule has 0 fully saturated rings. The zero-order valence-corrected chi connectivity index (χ0v) is 11.6. The minimum absolute atomic E-state index is 0.451. The van der Waals surface area contributed by atoms with Crippen LogP contribution in [0.25, 0.3) is 0 Å². The van der Waals surface area contributed by atoms with E-state index in [-0.39, 0.29) is 0 Å². The molecule has 19 heavy (non-hydrogen) atoms. The molecule has 0 aliphatic rings. The van der Waals surface area contributed by atoms with Gasteiger partial charge in [0.25, 0.3) is 0 Å². The van der Waals surface area contributed by atoms with Crippen molar-refractivity contribution in [1.82, 2.24) is 0 Å². The van der Waals surface area contributed by atoms with Crippen LogP contribution < -0.4 is 0 Å². The summed E-state index contributed by atoms with van der Waals surface area (Å²) in [5.41, 5.74) is 2.06. The Morgan fingerprint density at radius 3 is 2.21 bits per heavy atom. The van der Waals surface area contributed by atoms with Crippen molar-refractivity contribution in [2.24, 2.45) is 5.92 Å².